The Bertz CT molecular complexity index is 2450. The van der Waals surface area contributed by atoms with Crippen LogP contribution in [0.5, 0.6) is 57.5 Å². The first-order chi connectivity index (χ1) is 31.8. The van der Waals surface area contributed by atoms with Gasteiger partial charge in [0.2, 0.25) is 5.24 Å². The molecule has 2 aliphatic heterocycles. The average molecular weight is 969 g/mol. The van der Waals surface area contributed by atoms with Crippen molar-refractivity contribution in [2.24, 2.45) is 0 Å². The predicted molar refractivity (Wildman–Crippen MR) is 244 cm³/mol. The van der Waals surface area contributed by atoms with Gasteiger partial charge in [0.15, 0.2) is 29.1 Å². The smallest absolute Gasteiger partial charge is 0.311 e. The Labute approximate surface area is 398 Å². The van der Waals surface area contributed by atoms with Crippen LogP contribution < -0.4 is 28.4 Å². The first-order valence-corrected chi connectivity index (χ1v) is 21.8. The molecule has 0 unspecified atom stereocenters. The second kappa shape index (κ2) is 25.7. The number of carbonyl (C=O) groups is 6. The summed E-state index contributed by atoms with van der Waals surface area (Å²) in [7, 11) is 0. The van der Waals surface area contributed by atoms with Crippen LogP contribution in [0, 0.1) is 0 Å². The van der Waals surface area contributed by atoms with Crippen molar-refractivity contribution in [3.8, 4) is 57.5 Å². The molecule has 68 heavy (non-hydrogen) atoms. The number of rotatable bonds is 13. The van der Waals surface area contributed by atoms with Crippen molar-refractivity contribution in [3.05, 3.63) is 82.9 Å². The van der Waals surface area contributed by atoms with E-state index in [9.17, 15) is 54.3 Å². The molecule has 2 heterocycles. The second-order valence-electron chi connectivity index (χ2n) is 14.7. The summed E-state index contributed by atoms with van der Waals surface area (Å²) in [6, 6.07) is 14.1. The molecule has 0 fully saturated rings. The summed E-state index contributed by atoms with van der Waals surface area (Å²) in [4.78, 5) is 70.3. The lowest BCUT2D eigenvalue weighted by Gasteiger charge is -2.34. The number of phenols is 4. The molecule has 0 spiro atoms. The normalized spacial score (nSPS) is 16.3. The van der Waals surface area contributed by atoms with Crippen molar-refractivity contribution in [2.75, 3.05) is 0 Å². The first kappa shape index (κ1) is 55.3. The number of phenolic OH excluding ortho intramolecular Hbond substituents is 4. The largest absolute Gasteiger partial charge is 0.508 e. The number of hydrogen-bond acceptors (Lipinski definition) is 18. The highest BCUT2D eigenvalue weighted by atomic mass is 35.5. The van der Waals surface area contributed by atoms with E-state index in [2.05, 4.69) is 0 Å². The van der Waals surface area contributed by atoms with Gasteiger partial charge in [0.25, 0.3) is 0 Å². The van der Waals surface area contributed by atoms with Crippen LogP contribution in [0.1, 0.15) is 122 Å². The maximum Gasteiger partial charge on any atom is 0.311 e. The lowest BCUT2D eigenvalue weighted by Crippen LogP contribution is -2.35. The van der Waals surface area contributed by atoms with E-state index in [1.54, 1.807) is 47.6 Å². The van der Waals surface area contributed by atoms with Gasteiger partial charge in [0.05, 0.1) is 6.10 Å². The summed E-state index contributed by atoms with van der Waals surface area (Å²) in [6.45, 7) is 9.90. The number of benzene rings is 4. The number of halogens is 1. The van der Waals surface area contributed by atoms with Crippen LogP contribution in [0.25, 0.3) is 0 Å². The number of aliphatic hydroxyl groups is 1. The van der Waals surface area contributed by atoms with Gasteiger partial charge in [-0.2, -0.15) is 0 Å². The fraction of sp³-hybridized carbons (Fsp3) is 0.388. The van der Waals surface area contributed by atoms with Crippen LogP contribution in [-0.4, -0.2) is 72.8 Å². The highest BCUT2D eigenvalue weighted by Gasteiger charge is 2.38. The fourth-order valence-electron chi connectivity index (χ4n) is 6.33. The van der Waals surface area contributed by atoms with Crippen LogP contribution in [0.3, 0.4) is 0 Å². The summed E-state index contributed by atoms with van der Waals surface area (Å²) in [5, 5.41) is 48.0. The van der Waals surface area contributed by atoms with E-state index in [1.807, 2.05) is 0 Å². The SMILES string of the molecule is C.CCC(=O)Cl.CCC(=O)Oc1cc(OC(=O)CC)c2c(c1)O[C@H](c1ccc(OC(=O)CC)c(OC(=O)CC)c1)[C@H](OC(=O)CC)C2.Oc1cc(O)c2c(c1)O[C@H](c1ccc(O)c(O)c1)[C@H](O)C2. The van der Waals surface area contributed by atoms with Crippen molar-refractivity contribution in [1.29, 1.82) is 0 Å². The zero-order valence-corrected chi connectivity index (χ0v) is 38.4. The van der Waals surface area contributed by atoms with Crippen LogP contribution >= 0.6 is 11.6 Å². The number of carbonyl (C=O) groups excluding carboxylic acids is 6. The van der Waals surface area contributed by atoms with Gasteiger partial charge in [-0.1, -0.05) is 61.1 Å². The Morgan fingerprint density at radius 2 is 1.06 bits per heavy atom. The summed E-state index contributed by atoms with van der Waals surface area (Å²) in [6.07, 6.45) is -2.33. The Balaban J connectivity index is 0.000000375. The fourth-order valence-corrected chi connectivity index (χ4v) is 6.33. The highest BCUT2D eigenvalue weighted by Crippen LogP contribution is 2.46. The van der Waals surface area contributed by atoms with Crippen molar-refractivity contribution < 1.29 is 87.5 Å². The maximum atomic E-state index is 12.4. The van der Waals surface area contributed by atoms with E-state index >= 15 is 0 Å². The number of aliphatic hydroxyl groups excluding tert-OH is 1. The molecule has 18 nitrogen and oxygen atoms in total. The van der Waals surface area contributed by atoms with Crippen LogP contribution in [0.4, 0.5) is 0 Å². The Kier molecular flexibility index (Phi) is 20.9. The van der Waals surface area contributed by atoms with Crippen molar-refractivity contribution in [1.82, 2.24) is 0 Å². The molecule has 4 atom stereocenters. The zero-order chi connectivity index (χ0) is 49.5. The summed E-state index contributed by atoms with van der Waals surface area (Å²) < 4.78 is 39.3. The molecule has 6 rings (SSSR count). The number of ether oxygens (including phenoxy) is 7. The van der Waals surface area contributed by atoms with Gasteiger partial charge in [-0.25, -0.2) is 0 Å². The van der Waals surface area contributed by atoms with Crippen molar-refractivity contribution in [3.63, 3.8) is 0 Å². The van der Waals surface area contributed by atoms with Crippen LogP contribution in [0.2, 0.25) is 0 Å². The number of esters is 5. The van der Waals surface area contributed by atoms with Crippen molar-refractivity contribution in [2.45, 2.75) is 125 Å². The molecule has 0 aliphatic carbocycles. The van der Waals surface area contributed by atoms with Gasteiger partial charge in [-0.3, -0.25) is 28.8 Å². The van der Waals surface area contributed by atoms with E-state index in [0.717, 1.165) is 0 Å². The van der Waals surface area contributed by atoms with E-state index < -0.39 is 54.3 Å². The number of hydrogen-bond donors (Lipinski definition) is 5. The van der Waals surface area contributed by atoms with E-state index in [0.29, 0.717) is 28.7 Å². The molecule has 0 radical (unpaired) electrons. The minimum absolute atomic E-state index is 0. The molecule has 368 valence electrons. The zero-order valence-electron chi connectivity index (χ0n) is 37.7. The maximum absolute atomic E-state index is 12.4. The van der Waals surface area contributed by atoms with Gasteiger partial charge in [-0.15, -0.1) is 0 Å². The molecule has 0 bridgehead atoms. The molecule has 2 aliphatic rings. The van der Waals surface area contributed by atoms with Gasteiger partial charge < -0.3 is 58.7 Å². The molecule has 4 aromatic carbocycles. The molecule has 0 saturated carbocycles. The molecule has 5 N–H and O–H groups in total. The number of fused-ring (bicyclic) bond motifs is 2. The number of aromatic hydroxyl groups is 4. The minimum atomic E-state index is -0.933. The topological polar surface area (TPSA) is 268 Å². The Hall–Kier alpha value is -7.05. The second-order valence-corrected chi connectivity index (χ2v) is 15.2. The van der Waals surface area contributed by atoms with Gasteiger partial charge in [-0.05, 0) is 41.4 Å². The quantitative estimate of drug-likeness (QED) is 0.0365. The third-order valence-corrected chi connectivity index (χ3v) is 10.1. The van der Waals surface area contributed by atoms with Gasteiger partial charge in [0, 0.05) is 92.3 Å². The summed E-state index contributed by atoms with van der Waals surface area (Å²) in [5.74, 6) is -2.66. The Morgan fingerprint density at radius 3 is 1.63 bits per heavy atom. The monoisotopic (exact) mass is 968 g/mol. The van der Waals surface area contributed by atoms with E-state index in [1.165, 1.54) is 54.6 Å². The lowest BCUT2D eigenvalue weighted by atomic mass is 9.93. The van der Waals surface area contributed by atoms with E-state index in [-0.39, 0.29) is 115 Å². The van der Waals surface area contributed by atoms with Gasteiger partial charge in [0.1, 0.15) is 46.7 Å². The highest BCUT2D eigenvalue weighted by molar-refractivity contribution is 6.63. The Morgan fingerprint density at radius 1 is 0.544 bits per heavy atom. The predicted octanol–water partition coefficient (Wildman–Crippen LogP) is 8.29. The summed E-state index contributed by atoms with van der Waals surface area (Å²) in [5.41, 5.74) is 1.79. The molecule has 0 aromatic heterocycles. The molecular weight excluding hydrogens is 912 g/mol. The van der Waals surface area contributed by atoms with E-state index in [4.69, 9.17) is 44.8 Å². The third kappa shape index (κ3) is 15.0. The first-order valence-electron chi connectivity index (χ1n) is 21.4. The third-order valence-electron chi connectivity index (χ3n) is 9.86. The minimum Gasteiger partial charge on any atom is -0.508 e. The molecule has 4 aromatic rings. The van der Waals surface area contributed by atoms with Gasteiger partial charge >= 0.3 is 29.8 Å². The molecule has 0 saturated heterocycles. The molecule has 19 heteroatoms. The van der Waals surface area contributed by atoms with Crippen LogP contribution in [0.15, 0.2) is 60.7 Å². The molecular formula is C49H57ClO18. The van der Waals surface area contributed by atoms with Crippen molar-refractivity contribution >= 4 is 46.7 Å². The summed E-state index contributed by atoms with van der Waals surface area (Å²) >= 11 is 4.82. The standard InChI is InChI=1S/C30H34O11.C15H14O6.C3H5ClO.CH4/c1-6-25(31)36-18-14-21(38-27(33)8-3)19-16-24(40-29(35)10-5)30(41-22(19)15-18)17-11-12-20(37-26(32)7-2)23(13-17)39-28(34)9-4;16-8-4-11(18)9-6-13(20)15(21-14(9)5-8)7-1-2-10(17)12(19)3-7;1-2-3(4)5;/h11-15,24,30H,6-10,16H2,1-5H3;1-5,13,15-20H,6H2;2H2,1H3;1H4/t24-,30-;13-,15-;;/m11../s1. The van der Waals surface area contributed by atoms with Crippen LogP contribution in [-0.2, 0) is 46.3 Å². The molecule has 0 amide bonds. The lowest BCUT2D eigenvalue weighted by molar-refractivity contribution is -0.155. The average Bonchev–Trinajstić information content (AvgIpc) is 3.30.